The smallest absolute Gasteiger partial charge is 0.148 e. The minimum atomic E-state index is 0.597. The van der Waals surface area contributed by atoms with Crippen molar-refractivity contribution in [2.75, 3.05) is 7.05 Å². The highest BCUT2D eigenvalue weighted by molar-refractivity contribution is 9.11. The van der Waals surface area contributed by atoms with Crippen LogP contribution in [-0.2, 0) is 13.2 Å². The van der Waals surface area contributed by atoms with Crippen LogP contribution in [0.1, 0.15) is 10.4 Å². The zero-order chi connectivity index (χ0) is 13.0. The lowest BCUT2D eigenvalue weighted by atomic mass is 10.2. The molecule has 2 nitrogen and oxygen atoms in total. The molecule has 1 N–H and O–H groups in total. The number of hydrogen-bond acceptors (Lipinski definition) is 3. The summed E-state index contributed by atoms with van der Waals surface area (Å²) in [6, 6.07) is 8.25. The third-order valence-corrected chi connectivity index (χ3v) is 4.41. The SMILES string of the molecule is CNCc1cc(Br)c(OCc2cccs2)c(Br)c1. The second-order valence-corrected chi connectivity index (χ2v) is 6.53. The summed E-state index contributed by atoms with van der Waals surface area (Å²) in [6.45, 7) is 1.43. The van der Waals surface area contributed by atoms with Gasteiger partial charge in [0.2, 0.25) is 0 Å². The molecule has 1 aromatic carbocycles. The number of benzene rings is 1. The van der Waals surface area contributed by atoms with Crippen LogP contribution >= 0.6 is 43.2 Å². The molecule has 0 radical (unpaired) electrons. The molecule has 2 aromatic rings. The molecule has 5 heteroatoms. The van der Waals surface area contributed by atoms with E-state index >= 15 is 0 Å². The summed E-state index contributed by atoms with van der Waals surface area (Å²) >= 11 is 8.81. The van der Waals surface area contributed by atoms with E-state index in [1.165, 1.54) is 10.4 Å². The van der Waals surface area contributed by atoms with E-state index in [2.05, 4.69) is 60.8 Å². The van der Waals surface area contributed by atoms with Crippen LogP contribution in [0, 0.1) is 0 Å². The average molecular weight is 391 g/mol. The van der Waals surface area contributed by atoms with Crippen LogP contribution in [0.25, 0.3) is 0 Å². The van der Waals surface area contributed by atoms with E-state index in [0.717, 1.165) is 21.2 Å². The van der Waals surface area contributed by atoms with Gasteiger partial charge in [-0.1, -0.05) is 6.07 Å². The minimum Gasteiger partial charge on any atom is -0.486 e. The molecule has 1 aromatic heterocycles. The fourth-order valence-electron chi connectivity index (χ4n) is 1.59. The van der Waals surface area contributed by atoms with Gasteiger partial charge in [0, 0.05) is 11.4 Å². The van der Waals surface area contributed by atoms with Crippen molar-refractivity contribution in [1.29, 1.82) is 0 Å². The second kappa shape index (κ2) is 6.70. The van der Waals surface area contributed by atoms with Gasteiger partial charge in [-0.3, -0.25) is 0 Å². The van der Waals surface area contributed by atoms with Gasteiger partial charge in [0.25, 0.3) is 0 Å². The van der Waals surface area contributed by atoms with Crippen molar-refractivity contribution in [1.82, 2.24) is 5.32 Å². The van der Waals surface area contributed by atoms with Gasteiger partial charge in [-0.05, 0) is 68.1 Å². The normalized spacial score (nSPS) is 10.6. The Morgan fingerprint density at radius 3 is 2.56 bits per heavy atom. The number of thiophene rings is 1. The predicted molar refractivity (Wildman–Crippen MR) is 83.3 cm³/mol. The maximum absolute atomic E-state index is 5.84. The van der Waals surface area contributed by atoms with Crippen molar-refractivity contribution < 1.29 is 4.74 Å². The summed E-state index contributed by atoms with van der Waals surface area (Å²) in [5, 5.41) is 5.19. The first kappa shape index (κ1) is 14.1. The van der Waals surface area contributed by atoms with Crippen LogP contribution in [0.2, 0.25) is 0 Å². The van der Waals surface area contributed by atoms with Crippen LogP contribution in [0.4, 0.5) is 0 Å². The monoisotopic (exact) mass is 389 g/mol. The lowest BCUT2D eigenvalue weighted by molar-refractivity contribution is 0.305. The Kier molecular flexibility index (Phi) is 5.24. The summed E-state index contributed by atoms with van der Waals surface area (Å²) < 4.78 is 7.78. The highest BCUT2D eigenvalue weighted by Crippen LogP contribution is 2.35. The van der Waals surface area contributed by atoms with Gasteiger partial charge in [-0.25, -0.2) is 0 Å². The van der Waals surface area contributed by atoms with E-state index in [1.54, 1.807) is 11.3 Å². The summed E-state index contributed by atoms with van der Waals surface area (Å²) in [7, 11) is 1.93. The molecule has 2 rings (SSSR count). The highest BCUT2D eigenvalue weighted by atomic mass is 79.9. The molecule has 0 saturated heterocycles. The van der Waals surface area contributed by atoms with E-state index in [-0.39, 0.29) is 0 Å². The minimum absolute atomic E-state index is 0.597. The molecule has 0 saturated carbocycles. The fraction of sp³-hybridized carbons (Fsp3) is 0.231. The van der Waals surface area contributed by atoms with Gasteiger partial charge in [0.05, 0.1) is 8.95 Å². The molecular formula is C13H13Br2NOS. The molecule has 0 fully saturated rings. The molecular weight excluding hydrogens is 378 g/mol. The Morgan fingerprint density at radius 1 is 1.28 bits per heavy atom. The first-order chi connectivity index (χ1) is 8.70. The molecule has 0 spiro atoms. The zero-order valence-electron chi connectivity index (χ0n) is 9.87. The Hall–Kier alpha value is -0.360. The number of halogens is 2. The Bertz CT molecular complexity index is 491. The lowest BCUT2D eigenvalue weighted by Crippen LogP contribution is -2.05. The maximum atomic E-state index is 5.84. The van der Waals surface area contributed by atoms with Crippen molar-refractivity contribution >= 4 is 43.2 Å². The zero-order valence-corrected chi connectivity index (χ0v) is 13.9. The third-order valence-electron chi connectivity index (χ3n) is 2.38. The largest absolute Gasteiger partial charge is 0.486 e. The van der Waals surface area contributed by atoms with Crippen molar-refractivity contribution in [3.8, 4) is 5.75 Å². The van der Waals surface area contributed by atoms with Gasteiger partial charge in [-0.15, -0.1) is 11.3 Å². The topological polar surface area (TPSA) is 21.3 Å². The van der Waals surface area contributed by atoms with Crippen molar-refractivity contribution in [2.24, 2.45) is 0 Å². The van der Waals surface area contributed by atoms with E-state index in [9.17, 15) is 0 Å². The van der Waals surface area contributed by atoms with Gasteiger partial charge in [0.15, 0.2) is 0 Å². The van der Waals surface area contributed by atoms with Crippen LogP contribution in [0.3, 0.4) is 0 Å². The molecule has 0 aliphatic carbocycles. The molecule has 1 heterocycles. The van der Waals surface area contributed by atoms with Crippen molar-refractivity contribution in [3.05, 3.63) is 49.0 Å². The van der Waals surface area contributed by atoms with Crippen LogP contribution in [-0.4, -0.2) is 7.05 Å². The van der Waals surface area contributed by atoms with Crippen LogP contribution < -0.4 is 10.1 Å². The Balaban J connectivity index is 2.12. The van der Waals surface area contributed by atoms with E-state index < -0.39 is 0 Å². The lowest BCUT2D eigenvalue weighted by Gasteiger charge is -2.11. The average Bonchev–Trinajstić information content (AvgIpc) is 2.81. The van der Waals surface area contributed by atoms with Crippen LogP contribution in [0.15, 0.2) is 38.6 Å². The summed E-state index contributed by atoms with van der Waals surface area (Å²) in [4.78, 5) is 1.22. The number of nitrogens with one attached hydrogen (secondary N) is 1. The molecule has 0 atom stereocenters. The van der Waals surface area contributed by atoms with Crippen molar-refractivity contribution in [2.45, 2.75) is 13.2 Å². The van der Waals surface area contributed by atoms with Crippen LogP contribution in [0.5, 0.6) is 5.75 Å². The third kappa shape index (κ3) is 3.57. The van der Waals surface area contributed by atoms with E-state index in [0.29, 0.717) is 6.61 Å². The summed E-state index contributed by atoms with van der Waals surface area (Å²) in [6.07, 6.45) is 0. The van der Waals surface area contributed by atoms with Gasteiger partial charge < -0.3 is 10.1 Å². The maximum Gasteiger partial charge on any atom is 0.148 e. The molecule has 0 aliphatic rings. The quantitative estimate of drug-likeness (QED) is 0.807. The summed E-state index contributed by atoms with van der Waals surface area (Å²) in [5.41, 5.74) is 1.21. The highest BCUT2D eigenvalue weighted by Gasteiger charge is 2.09. The first-order valence-corrected chi connectivity index (χ1v) is 7.95. The number of hydrogen-bond donors (Lipinski definition) is 1. The van der Waals surface area contributed by atoms with E-state index in [1.807, 2.05) is 13.1 Å². The molecule has 18 heavy (non-hydrogen) atoms. The van der Waals surface area contributed by atoms with Gasteiger partial charge >= 0.3 is 0 Å². The molecule has 0 bridgehead atoms. The summed E-state index contributed by atoms with van der Waals surface area (Å²) in [5.74, 6) is 0.850. The molecule has 0 aliphatic heterocycles. The second-order valence-electron chi connectivity index (χ2n) is 3.79. The number of rotatable bonds is 5. The Labute approximate surface area is 128 Å². The molecule has 0 amide bonds. The standard InChI is InChI=1S/C13H13Br2NOS/c1-16-7-9-5-11(14)13(12(15)6-9)17-8-10-3-2-4-18-10/h2-6,16H,7-8H2,1H3. The van der Waals surface area contributed by atoms with E-state index in [4.69, 9.17) is 4.74 Å². The Morgan fingerprint density at radius 2 is 2.00 bits per heavy atom. The van der Waals surface area contributed by atoms with Gasteiger partial charge in [-0.2, -0.15) is 0 Å². The molecule has 0 unspecified atom stereocenters. The predicted octanol–water partition coefficient (Wildman–Crippen LogP) is 4.57. The van der Waals surface area contributed by atoms with Crippen molar-refractivity contribution in [3.63, 3.8) is 0 Å². The first-order valence-electron chi connectivity index (χ1n) is 5.48. The molecule has 96 valence electrons. The van der Waals surface area contributed by atoms with Gasteiger partial charge in [0.1, 0.15) is 12.4 Å². The fourth-order valence-corrected chi connectivity index (χ4v) is 3.72. The number of ether oxygens (including phenoxy) is 1.